The average Bonchev–Trinajstić information content (AvgIpc) is 3.04. The standard InChI is InChI=1S/C16H18ClN5O/c1-3-8-21(9-4-2)16(23)12-13(17)11-6-5-7-18-14(11)22-10-19-20-15(12)22/h5-7,10H,3-4,8-9H2,1-2H3. The van der Waals surface area contributed by atoms with Gasteiger partial charge in [-0.25, -0.2) is 4.98 Å². The highest BCUT2D eigenvalue weighted by Crippen LogP contribution is 2.30. The summed E-state index contributed by atoms with van der Waals surface area (Å²) in [6.07, 6.45) is 5.02. The summed E-state index contributed by atoms with van der Waals surface area (Å²) < 4.78 is 1.71. The van der Waals surface area contributed by atoms with Crippen molar-refractivity contribution in [1.82, 2.24) is 24.5 Å². The van der Waals surface area contributed by atoms with Crippen LogP contribution in [0.15, 0.2) is 24.7 Å². The Morgan fingerprint density at radius 3 is 2.70 bits per heavy atom. The van der Waals surface area contributed by atoms with Gasteiger partial charge in [-0.3, -0.25) is 9.20 Å². The molecule has 3 rings (SSSR count). The van der Waals surface area contributed by atoms with Crippen molar-refractivity contribution < 1.29 is 4.79 Å². The molecule has 1 amide bonds. The first-order valence-electron chi connectivity index (χ1n) is 7.74. The van der Waals surface area contributed by atoms with E-state index in [1.54, 1.807) is 23.0 Å². The van der Waals surface area contributed by atoms with E-state index in [1.165, 1.54) is 0 Å². The van der Waals surface area contributed by atoms with Crippen LogP contribution in [-0.2, 0) is 0 Å². The minimum atomic E-state index is -0.109. The van der Waals surface area contributed by atoms with Crippen molar-refractivity contribution in [2.45, 2.75) is 26.7 Å². The zero-order valence-electron chi connectivity index (χ0n) is 13.2. The third-order valence-corrected chi connectivity index (χ3v) is 4.12. The average molecular weight is 332 g/mol. The third kappa shape index (κ3) is 2.63. The number of carbonyl (C=O) groups excluding carboxylic acids is 1. The minimum Gasteiger partial charge on any atom is -0.339 e. The van der Waals surface area contributed by atoms with Gasteiger partial charge in [-0.2, -0.15) is 0 Å². The maximum absolute atomic E-state index is 13.0. The molecule has 3 aromatic heterocycles. The Balaban J connectivity index is 2.24. The number of pyridine rings is 2. The van der Waals surface area contributed by atoms with Crippen LogP contribution in [0.4, 0.5) is 0 Å². The fourth-order valence-corrected chi connectivity index (χ4v) is 3.07. The van der Waals surface area contributed by atoms with Gasteiger partial charge < -0.3 is 4.90 Å². The first kappa shape index (κ1) is 15.7. The molecular weight excluding hydrogens is 314 g/mol. The maximum Gasteiger partial charge on any atom is 0.259 e. The van der Waals surface area contributed by atoms with E-state index < -0.39 is 0 Å². The third-order valence-electron chi connectivity index (χ3n) is 3.73. The van der Waals surface area contributed by atoms with Crippen LogP contribution in [-0.4, -0.2) is 43.5 Å². The van der Waals surface area contributed by atoms with Crippen molar-refractivity contribution in [2.75, 3.05) is 13.1 Å². The maximum atomic E-state index is 13.0. The first-order valence-corrected chi connectivity index (χ1v) is 8.12. The Bertz CT molecular complexity index is 854. The van der Waals surface area contributed by atoms with Gasteiger partial charge in [-0.15, -0.1) is 10.2 Å². The normalized spacial score (nSPS) is 11.3. The lowest BCUT2D eigenvalue weighted by Crippen LogP contribution is -2.33. The molecule has 0 radical (unpaired) electrons. The minimum absolute atomic E-state index is 0.109. The van der Waals surface area contributed by atoms with Crippen LogP contribution in [0.25, 0.3) is 16.7 Å². The summed E-state index contributed by atoms with van der Waals surface area (Å²) in [5.74, 6) is -0.109. The van der Waals surface area contributed by atoms with Gasteiger partial charge in [-0.05, 0) is 25.0 Å². The number of aromatic nitrogens is 4. The molecule has 0 saturated carbocycles. The van der Waals surface area contributed by atoms with Crippen molar-refractivity contribution in [2.24, 2.45) is 0 Å². The largest absolute Gasteiger partial charge is 0.339 e. The fourth-order valence-electron chi connectivity index (χ4n) is 2.76. The molecule has 0 aliphatic carbocycles. The van der Waals surface area contributed by atoms with Gasteiger partial charge in [0.05, 0.1) is 5.02 Å². The Labute approximate surface area is 139 Å². The van der Waals surface area contributed by atoms with E-state index in [4.69, 9.17) is 11.6 Å². The predicted molar refractivity (Wildman–Crippen MR) is 89.8 cm³/mol. The molecule has 0 spiro atoms. The van der Waals surface area contributed by atoms with Gasteiger partial charge in [0.2, 0.25) is 0 Å². The van der Waals surface area contributed by atoms with E-state index in [0.717, 1.165) is 18.2 Å². The smallest absolute Gasteiger partial charge is 0.259 e. The highest BCUT2D eigenvalue weighted by atomic mass is 35.5. The fraction of sp³-hybridized carbons (Fsp3) is 0.375. The monoisotopic (exact) mass is 331 g/mol. The summed E-state index contributed by atoms with van der Waals surface area (Å²) in [7, 11) is 0. The van der Waals surface area contributed by atoms with Crippen LogP contribution in [0.2, 0.25) is 5.02 Å². The zero-order chi connectivity index (χ0) is 16.4. The number of fused-ring (bicyclic) bond motifs is 3. The Hall–Kier alpha value is -2.21. The molecule has 7 heteroatoms. The highest BCUT2D eigenvalue weighted by Gasteiger charge is 2.24. The van der Waals surface area contributed by atoms with Crippen molar-refractivity contribution in [3.63, 3.8) is 0 Å². The second-order valence-corrected chi connectivity index (χ2v) is 5.76. The van der Waals surface area contributed by atoms with E-state index in [1.807, 2.05) is 11.0 Å². The molecule has 3 heterocycles. The molecule has 0 unspecified atom stereocenters. The number of hydrogen-bond donors (Lipinski definition) is 0. The van der Waals surface area contributed by atoms with Crippen LogP contribution in [0, 0.1) is 0 Å². The lowest BCUT2D eigenvalue weighted by atomic mass is 10.1. The number of carbonyl (C=O) groups is 1. The topological polar surface area (TPSA) is 63.4 Å². The number of halogens is 1. The van der Waals surface area contributed by atoms with Gasteiger partial charge in [0.15, 0.2) is 5.65 Å². The van der Waals surface area contributed by atoms with Crippen molar-refractivity contribution >= 4 is 34.2 Å². The van der Waals surface area contributed by atoms with Crippen molar-refractivity contribution in [3.05, 3.63) is 35.2 Å². The summed E-state index contributed by atoms with van der Waals surface area (Å²) in [6.45, 7) is 5.48. The van der Waals surface area contributed by atoms with Gasteiger partial charge in [0, 0.05) is 24.7 Å². The molecule has 0 aliphatic rings. The SMILES string of the molecule is CCCN(CCC)C(=O)c1c(Cl)c2cccnc2n2cnnc12. The first-order chi connectivity index (χ1) is 11.2. The number of rotatable bonds is 5. The summed E-state index contributed by atoms with van der Waals surface area (Å²) >= 11 is 6.55. The molecule has 6 nitrogen and oxygen atoms in total. The Morgan fingerprint density at radius 1 is 1.26 bits per heavy atom. The lowest BCUT2D eigenvalue weighted by molar-refractivity contribution is 0.0757. The van der Waals surface area contributed by atoms with Crippen molar-refractivity contribution in [3.8, 4) is 0 Å². The molecule has 23 heavy (non-hydrogen) atoms. The molecule has 0 atom stereocenters. The molecule has 0 saturated heterocycles. The van der Waals surface area contributed by atoms with E-state index in [9.17, 15) is 4.79 Å². The molecule has 0 aromatic carbocycles. The molecule has 120 valence electrons. The number of nitrogens with zero attached hydrogens (tertiary/aromatic N) is 5. The number of hydrogen-bond acceptors (Lipinski definition) is 4. The van der Waals surface area contributed by atoms with E-state index in [2.05, 4.69) is 29.0 Å². The summed E-state index contributed by atoms with van der Waals surface area (Å²) in [5, 5.41) is 9.13. The second-order valence-electron chi connectivity index (χ2n) is 5.38. The second kappa shape index (κ2) is 6.50. The van der Waals surface area contributed by atoms with Gasteiger partial charge in [0.1, 0.15) is 17.5 Å². The molecule has 3 aromatic rings. The summed E-state index contributed by atoms with van der Waals surface area (Å²) in [6, 6.07) is 3.65. The quantitative estimate of drug-likeness (QED) is 0.720. The Morgan fingerprint density at radius 2 is 2.00 bits per heavy atom. The van der Waals surface area contributed by atoms with Crippen molar-refractivity contribution in [1.29, 1.82) is 0 Å². The van der Waals surface area contributed by atoms with Crippen LogP contribution in [0.1, 0.15) is 37.0 Å². The van der Waals surface area contributed by atoms with Crippen LogP contribution < -0.4 is 0 Å². The molecule has 0 aliphatic heterocycles. The zero-order valence-corrected chi connectivity index (χ0v) is 13.9. The highest BCUT2D eigenvalue weighted by molar-refractivity contribution is 6.39. The lowest BCUT2D eigenvalue weighted by Gasteiger charge is -2.22. The molecule has 0 fully saturated rings. The molecule has 0 N–H and O–H groups in total. The van der Waals surface area contributed by atoms with Crippen LogP contribution in [0.5, 0.6) is 0 Å². The van der Waals surface area contributed by atoms with E-state index >= 15 is 0 Å². The summed E-state index contributed by atoms with van der Waals surface area (Å²) in [5.41, 5.74) is 1.49. The summed E-state index contributed by atoms with van der Waals surface area (Å²) in [4.78, 5) is 19.2. The van der Waals surface area contributed by atoms with Gasteiger partial charge in [0.25, 0.3) is 5.91 Å². The predicted octanol–water partition coefficient (Wildman–Crippen LogP) is 3.19. The number of amides is 1. The van der Waals surface area contributed by atoms with Gasteiger partial charge in [-0.1, -0.05) is 25.4 Å². The van der Waals surface area contributed by atoms with Crippen LogP contribution in [0.3, 0.4) is 0 Å². The Kier molecular flexibility index (Phi) is 4.43. The van der Waals surface area contributed by atoms with Gasteiger partial charge >= 0.3 is 0 Å². The van der Waals surface area contributed by atoms with E-state index in [0.29, 0.717) is 35.0 Å². The van der Waals surface area contributed by atoms with Crippen LogP contribution >= 0.6 is 11.6 Å². The molecule has 0 bridgehead atoms. The van der Waals surface area contributed by atoms with E-state index in [-0.39, 0.29) is 5.91 Å². The molecular formula is C16H18ClN5O.